The average molecular weight is 498 g/mol. The summed E-state index contributed by atoms with van der Waals surface area (Å²) in [5, 5.41) is 6.50. The van der Waals surface area contributed by atoms with Crippen LogP contribution in [0.25, 0.3) is 0 Å². The van der Waals surface area contributed by atoms with Gasteiger partial charge in [-0.3, -0.25) is 4.79 Å². The first-order valence-electron chi connectivity index (χ1n) is 12.1. The van der Waals surface area contributed by atoms with Crippen LogP contribution in [-0.4, -0.2) is 77.6 Å². The van der Waals surface area contributed by atoms with Gasteiger partial charge in [0.05, 0.1) is 19.8 Å². The summed E-state index contributed by atoms with van der Waals surface area (Å²) in [7, 11) is 4.96. The van der Waals surface area contributed by atoms with E-state index in [1.807, 2.05) is 36.2 Å². The Morgan fingerprint density at radius 2 is 2.09 bits per heavy atom. The van der Waals surface area contributed by atoms with Crippen molar-refractivity contribution in [2.45, 2.75) is 38.2 Å². The normalized spacial score (nSPS) is 17.8. The third-order valence-corrected chi connectivity index (χ3v) is 6.42. The van der Waals surface area contributed by atoms with E-state index in [9.17, 15) is 9.59 Å². The van der Waals surface area contributed by atoms with Crippen LogP contribution in [0.1, 0.15) is 43.8 Å². The van der Waals surface area contributed by atoms with Gasteiger partial charge in [0.15, 0.2) is 0 Å². The second kappa shape index (κ2) is 15.9. The predicted molar refractivity (Wildman–Crippen MR) is 133 cm³/mol. The van der Waals surface area contributed by atoms with E-state index in [1.54, 1.807) is 7.11 Å². The SMILES string of the molecule is CNC[C@H](CCCOC)CC(=O)N1CCC[C@@H]([C@@H](OCCNC(=O)OC)c2cccc(Cl)c2)C1. The Labute approximate surface area is 208 Å². The molecular formula is C25H40ClN3O5. The molecule has 1 saturated heterocycles. The van der Waals surface area contributed by atoms with Crippen LogP contribution in [0, 0.1) is 11.8 Å². The number of alkyl carbamates (subject to hydrolysis) is 1. The van der Waals surface area contributed by atoms with Crippen molar-refractivity contribution in [1.82, 2.24) is 15.5 Å². The molecule has 0 spiro atoms. The maximum atomic E-state index is 13.2. The van der Waals surface area contributed by atoms with Crippen LogP contribution in [0.4, 0.5) is 4.79 Å². The molecule has 2 amide bonds. The van der Waals surface area contributed by atoms with Crippen LogP contribution in [0.5, 0.6) is 0 Å². The van der Waals surface area contributed by atoms with Crippen LogP contribution < -0.4 is 10.6 Å². The van der Waals surface area contributed by atoms with Crippen molar-refractivity contribution < 1.29 is 23.8 Å². The molecule has 0 saturated carbocycles. The van der Waals surface area contributed by atoms with Crippen molar-refractivity contribution in [3.63, 3.8) is 0 Å². The molecule has 0 unspecified atom stereocenters. The molecule has 34 heavy (non-hydrogen) atoms. The molecule has 0 aromatic heterocycles. The maximum absolute atomic E-state index is 13.2. The number of likely N-dealkylation sites (tertiary alicyclic amines) is 1. The molecule has 0 aliphatic carbocycles. The average Bonchev–Trinajstić information content (AvgIpc) is 2.84. The summed E-state index contributed by atoms with van der Waals surface area (Å²) < 4.78 is 16.0. The molecule has 1 heterocycles. The van der Waals surface area contributed by atoms with Crippen molar-refractivity contribution in [3.05, 3.63) is 34.9 Å². The Morgan fingerprint density at radius 3 is 2.79 bits per heavy atom. The Kier molecular flexibility index (Phi) is 13.3. The monoisotopic (exact) mass is 497 g/mol. The van der Waals surface area contributed by atoms with Gasteiger partial charge >= 0.3 is 6.09 Å². The summed E-state index contributed by atoms with van der Waals surface area (Å²) in [4.78, 5) is 26.5. The van der Waals surface area contributed by atoms with Crippen LogP contribution in [0.3, 0.4) is 0 Å². The summed E-state index contributed by atoms with van der Waals surface area (Å²) in [6, 6.07) is 7.67. The summed E-state index contributed by atoms with van der Waals surface area (Å²) in [6.45, 7) is 3.61. The van der Waals surface area contributed by atoms with Gasteiger partial charge in [-0.2, -0.15) is 0 Å². The van der Waals surface area contributed by atoms with E-state index in [2.05, 4.69) is 15.4 Å². The van der Waals surface area contributed by atoms with Crippen molar-refractivity contribution in [2.24, 2.45) is 11.8 Å². The molecule has 1 aromatic carbocycles. The molecule has 1 aromatic rings. The van der Waals surface area contributed by atoms with E-state index >= 15 is 0 Å². The molecule has 1 aliphatic heterocycles. The molecule has 2 N–H and O–H groups in total. The van der Waals surface area contributed by atoms with Crippen LogP contribution >= 0.6 is 11.6 Å². The number of piperidine rings is 1. The Morgan fingerprint density at radius 1 is 1.26 bits per heavy atom. The minimum atomic E-state index is -0.487. The zero-order valence-corrected chi connectivity index (χ0v) is 21.4. The molecule has 1 fully saturated rings. The van der Waals surface area contributed by atoms with Gasteiger partial charge in [0.2, 0.25) is 5.91 Å². The lowest BCUT2D eigenvalue weighted by Crippen LogP contribution is -2.43. The highest BCUT2D eigenvalue weighted by Gasteiger charge is 2.32. The molecule has 1 aliphatic rings. The number of nitrogens with zero attached hydrogens (tertiary/aromatic N) is 1. The zero-order chi connectivity index (χ0) is 24.8. The van der Waals surface area contributed by atoms with E-state index in [-0.39, 0.29) is 23.8 Å². The second-order valence-electron chi connectivity index (χ2n) is 8.77. The summed E-state index contributed by atoms with van der Waals surface area (Å²) in [5.41, 5.74) is 0.984. The number of carbonyl (C=O) groups excluding carboxylic acids is 2. The standard InChI is InChI=1S/C25H40ClN3O5/c1-27-17-19(7-6-13-32-2)15-23(30)29-12-5-9-21(18-29)24(20-8-4-10-22(26)16-20)34-14-11-28-25(31)33-3/h4,8,10,16,19,21,24,27H,5-7,9,11-15,17-18H2,1-3H3,(H,28,31)/t19-,21-,24+/m1/s1. The summed E-state index contributed by atoms with van der Waals surface area (Å²) >= 11 is 6.26. The topological polar surface area (TPSA) is 89.1 Å². The number of ether oxygens (including phenoxy) is 3. The number of carbonyl (C=O) groups is 2. The number of methoxy groups -OCH3 is 2. The van der Waals surface area contributed by atoms with Crippen LogP contribution in [-0.2, 0) is 19.0 Å². The third kappa shape index (κ3) is 9.78. The van der Waals surface area contributed by atoms with Gasteiger partial charge in [-0.15, -0.1) is 0 Å². The maximum Gasteiger partial charge on any atom is 0.406 e. The fourth-order valence-electron chi connectivity index (χ4n) is 4.54. The van der Waals surface area contributed by atoms with E-state index in [0.29, 0.717) is 37.7 Å². The lowest BCUT2D eigenvalue weighted by molar-refractivity contribution is -0.135. The number of halogens is 1. The van der Waals surface area contributed by atoms with Gasteiger partial charge in [0.1, 0.15) is 0 Å². The molecule has 8 nitrogen and oxygen atoms in total. The predicted octanol–water partition coefficient (Wildman–Crippen LogP) is 3.64. The Balaban J connectivity index is 2.03. The number of amides is 2. The highest BCUT2D eigenvalue weighted by molar-refractivity contribution is 6.30. The van der Waals surface area contributed by atoms with Crippen LogP contribution in [0.2, 0.25) is 5.02 Å². The lowest BCUT2D eigenvalue weighted by atomic mass is 9.87. The first-order chi connectivity index (χ1) is 16.5. The Hall–Kier alpha value is -1.87. The number of nitrogens with one attached hydrogen (secondary N) is 2. The minimum absolute atomic E-state index is 0.144. The number of rotatable bonds is 14. The van der Waals surface area contributed by atoms with Gasteiger partial charge in [0.25, 0.3) is 0 Å². The van der Waals surface area contributed by atoms with Crippen molar-refractivity contribution in [3.8, 4) is 0 Å². The minimum Gasteiger partial charge on any atom is -0.453 e. The van der Waals surface area contributed by atoms with Gasteiger partial charge in [0, 0.05) is 50.7 Å². The van der Waals surface area contributed by atoms with E-state index < -0.39 is 6.09 Å². The van der Waals surface area contributed by atoms with Gasteiger partial charge in [-0.1, -0.05) is 23.7 Å². The molecular weight excluding hydrogens is 458 g/mol. The van der Waals surface area contributed by atoms with Gasteiger partial charge in [-0.25, -0.2) is 4.79 Å². The van der Waals surface area contributed by atoms with Gasteiger partial charge < -0.3 is 29.7 Å². The summed E-state index contributed by atoms with van der Waals surface area (Å²) in [6.07, 6.45) is 3.62. The zero-order valence-electron chi connectivity index (χ0n) is 20.7. The van der Waals surface area contributed by atoms with E-state index in [0.717, 1.165) is 44.3 Å². The van der Waals surface area contributed by atoms with Crippen molar-refractivity contribution in [1.29, 1.82) is 0 Å². The molecule has 0 radical (unpaired) electrons. The highest BCUT2D eigenvalue weighted by atomic mass is 35.5. The lowest BCUT2D eigenvalue weighted by Gasteiger charge is -2.37. The largest absolute Gasteiger partial charge is 0.453 e. The molecule has 192 valence electrons. The first kappa shape index (κ1) is 28.4. The number of benzene rings is 1. The first-order valence-corrected chi connectivity index (χ1v) is 12.5. The van der Waals surface area contributed by atoms with Crippen molar-refractivity contribution >= 4 is 23.6 Å². The number of hydrogen-bond donors (Lipinski definition) is 2. The molecule has 0 bridgehead atoms. The van der Waals surface area contributed by atoms with E-state index in [1.165, 1.54) is 7.11 Å². The molecule has 3 atom stereocenters. The third-order valence-electron chi connectivity index (χ3n) is 6.19. The summed E-state index contributed by atoms with van der Waals surface area (Å²) in [5.74, 6) is 0.627. The van der Waals surface area contributed by atoms with Gasteiger partial charge in [-0.05, 0) is 62.9 Å². The quantitative estimate of drug-likeness (QED) is 0.381. The van der Waals surface area contributed by atoms with Crippen LogP contribution in [0.15, 0.2) is 24.3 Å². The number of hydrogen-bond acceptors (Lipinski definition) is 6. The molecule has 2 rings (SSSR count). The van der Waals surface area contributed by atoms with Crippen molar-refractivity contribution in [2.75, 3.05) is 60.7 Å². The fraction of sp³-hybridized carbons (Fsp3) is 0.680. The fourth-order valence-corrected chi connectivity index (χ4v) is 4.74. The smallest absolute Gasteiger partial charge is 0.406 e. The second-order valence-corrected chi connectivity index (χ2v) is 9.21. The van der Waals surface area contributed by atoms with E-state index in [4.69, 9.17) is 21.1 Å². The highest BCUT2D eigenvalue weighted by Crippen LogP contribution is 2.34. The molecule has 9 heteroatoms. The Bertz CT molecular complexity index is 751.